The number of hydrogen-bond acceptors (Lipinski definition) is 3. The molecule has 3 N–H and O–H groups in total. The number of fused-ring (bicyclic) bond motifs is 1. The number of hydrogen-bond donors (Lipinski definition) is 2. The standard InChI is InChI=1S/C12H9FN4/c13-8-2-1-3-9-11(8)17-12(16-9)7-4-5-10(14)15-6-7/h1-6H,(H2,14,15)(H,16,17). The van der Waals surface area contributed by atoms with Crippen LogP contribution in [0.3, 0.4) is 0 Å². The van der Waals surface area contributed by atoms with Crippen LogP contribution >= 0.6 is 0 Å². The molecule has 84 valence electrons. The monoisotopic (exact) mass is 228 g/mol. The molecule has 0 atom stereocenters. The molecule has 2 heterocycles. The van der Waals surface area contributed by atoms with Crippen LogP contribution in [0.2, 0.25) is 0 Å². The lowest BCUT2D eigenvalue weighted by Gasteiger charge is -1.95. The third-order valence-corrected chi connectivity index (χ3v) is 2.52. The van der Waals surface area contributed by atoms with E-state index in [4.69, 9.17) is 5.73 Å². The summed E-state index contributed by atoms with van der Waals surface area (Å²) in [4.78, 5) is 11.2. The number of rotatable bonds is 1. The summed E-state index contributed by atoms with van der Waals surface area (Å²) < 4.78 is 13.5. The van der Waals surface area contributed by atoms with Crippen molar-refractivity contribution in [1.82, 2.24) is 15.0 Å². The van der Waals surface area contributed by atoms with Gasteiger partial charge in [-0.15, -0.1) is 0 Å². The van der Waals surface area contributed by atoms with Gasteiger partial charge in [0.15, 0.2) is 5.82 Å². The van der Waals surface area contributed by atoms with E-state index in [1.54, 1.807) is 30.5 Å². The normalized spacial score (nSPS) is 10.9. The average Bonchev–Trinajstić information content (AvgIpc) is 2.75. The predicted molar refractivity (Wildman–Crippen MR) is 63.7 cm³/mol. The average molecular weight is 228 g/mol. The zero-order chi connectivity index (χ0) is 11.8. The first-order chi connectivity index (χ1) is 8.24. The smallest absolute Gasteiger partial charge is 0.151 e. The van der Waals surface area contributed by atoms with Gasteiger partial charge in [0.05, 0.1) is 5.52 Å². The van der Waals surface area contributed by atoms with Crippen LogP contribution in [0.5, 0.6) is 0 Å². The molecule has 5 heteroatoms. The van der Waals surface area contributed by atoms with E-state index in [0.717, 1.165) is 5.56 Å². The molecule has 3 rings (SSSR count). The van der Waals surface area contributed by atoms with Crippen molar-refractivity contribution in [2.24, 2.45) is 0 Å². The van der Waals surface area contributed by atoms with Crippen LogP contribution in [-0.4, -0.2) is 15.0 Å². The highest BCUT2D eigenvalue weighted by atomic mass is 19.1. The minimum Gasteiger partial charge on any atom is -0.384 e. The van der Waals surface area contributed by atoms with Crippen molar-refractivity contribution in [2.75, 3.05) is 5.73 Å². The maximum Gasteiger partial charge on any atom is 0.151 e. The SMILES string of the molecule is Nc1ccc(-c2nc3c(F)cccc3[nH]2)cn1. The van der Waals surface area contributed by atoms with Gasteiger partial charge in [-0.1, -0.05) is 6.07 Å². The fraction of sp³-hybridized carbons (Fsp3) is 0. The summed E-state index contributed by atoms with van der Waals surface area (Å²) in [6.07, 6.45) is 1.60. The number of H-pyrrole nitrogens is 1. The second-order valence-corrected chi connectivity index (χ2v) is 3.69. The molecule has 4 nitrogen and oxygen atoms in total. The number of imidazole rings is 1. The Morgan fingerprint density at radius 1 is 1.18 bits per heavy atom. The molecule has 0 bridgehead atoms. The molecule has 2 aromatic heterocycles. The Bertz CT molecular complexity index is 673. The summed E-state index contributed by atoms with van der Waals surface area (Å²) >= 11 is 0. The van der Waals surface area contributed by atoms with Crippen molar-refractivity contribution in [2.45, 2.75) is 0 Å². The van der Waals surface area contributed by atoms with Gasteiger partial charge in [-0.2, -0.15) is 0 Å². The van der Waals surface area contributed by atoms with Crippen LogP contribution in [0.15, 0.2) is 36.5 Å². The molecule has 0 saturated carbocycles. The Hall–Kier alpha value is -2.43. The maximum absolute atomic E-state index is 13.5. The van der Waals surface area contributed by atoms with Crippen LogP contribution in [0.25, 0.3) is 22.4 Å². The van der Waals surface area contributed by atoms with E-state index >= 15 is 0 Å². The topological polar surface area (TPSA) is 67.6 Å². The van der Waals surface area contributed by atoms with Gasteiger partial charge in [-0.05, 0) is 24.3 Å². The minimum atomic E-state index is -0.339. The molecular weight excluding hydrogens is 219 g/mol. The number of nitrogen functional groups attached to an aromatic ring is 1. The van der Waals surface area contributed by atoms with Crippen LogP contribution in [0, 0.1) is 5.82 Å². The first-order valence-electron chi connectivity index (χ1n) is 5.10. The number of nitrogens with one attached hydrogen (secondary N) is 1. The number of pyridine rings is 1. The predicted octanol–water partition coefficient (Wildman–Crippen LogP) is 2.35. The van der Waals surface area contributed by atoms with Crippen molar-refractivity contribution in [3.8, 4) is 11.4 Å². The molecule has 1 aromatic carbocycles. The van der Waals surface area contributed by atoms with Gasteiger partial charge >= 0.3 is 0 Å². The first-order valence-corrected chi connectivity index (χ1v) is 5.10. The van der Waals surface area contributed by atoms with E-state index < -0.39 is 0 Å². The maximum atomic E-state index is 13.5. The number of para-hydroxylation sites is 1. The van der Waals surface area contributed by atoms with E-state index in [0.29, 0.717) is 22.7 Å². The van der Waals surface area contributed by atoms with Crippen LogP contribution < -0.4 is 5.73 Å². The molecular formula is C12H9FN4. The third-order valence-electron chi connectivity index (χ3n) is 2.52. The number of benzene rings is 1. The Balaban J connectivity index is 2.18. The number of nitrogens with zero attached hydrogens (tertiary/aromatic N) is 2. The fourth-order valence-electron chi connectivity index (χ4n) is 1.68. The van der Waals surface area contributed by atoms with E-state index in [1.165, 1.54) is 6.07 Å². The number of aromatic nitrogens is 3. The summed E-state index contributed by atoms with van der Waals surface area (Å²) in [5.41, 5.74) is 7.27. The van der Waals surface area contributed by atoms with E-state index in [-0.39, 0.29) is 5.82 Å². The molecule has 0 unspecified atom stereocenters. The second-order valence-electron chi connectivity index (χ2n) is 3.69. The summed E-state index contributed by atoms with van der Waals surface area (Å²) in [6, 6.07) is 8.27. The highest BCUT2D eigenvalue weighted by Gasteiger charge is 2.08. The quantitative estimate of drug-likeness (QED) is 0.671. The minimum absolute atomic E-state index is 0.333. The molecule has 0 saturated heterocycles. The van der Waals surface area contributed by atoms with E-state index in [1.807, 2.05) is 0 Å². The van der Waals surface area contributed by atoms with Gasteiger partial charge in [-0.3, -0.25) is 0 Å². The summed E-state index contributed by atoms with van der Waals surface area (Å²) in [5, 5.41) is 0. The zero-order valence-electron chi connectivity index (χ0n) is 8.81. The van der Waals surface area contributed by atoms with Gasteiger partial charge in [0.1, 0.15) is 17.2 Å². The third kappa shape index (κ3) is 1.61. The van der Waals surface area contributed by atoms with Gasteiger partial charge in [0.25, 0.3) is 0 Å². The van der Waals surface area contributed by atoms with Crippen LogP contribution in [-0.2, 0) is 0 Å². The van der Waals surface area contributed by atoms with Gasteiger partial charge in [0, 0.05) is 11.8 Å². The molecule has 17 heavy (non-hydrogen) atoms. The highest BCUT2D eigenvalue weighted by molar-refractivity contribution is 5.79. The Morgan fingerprint density at radius 2 is 2.06 bits per heavy atom. The van der Waals surface area contributed by atoms with Gasteiger partial charge in [0.2, 0.25) is 0 Å². The molecule has 0 aliphatic rings. The number of aromatic amines is 1. The van der Waals surface area contributed by atoms with E-state index in [2.05, 4.69) is 15.0 Å². The molecule has 0 fully saturated rings. The van der Waals surface area contributed by atoms with Gasteiger partial charge in [-0.25, -0.2) is 14.4 Å². The van der Waals surface area contributed by atoms with Gasteiger partial charge < -0.3 is 10.7 Å². The van der Waals surface area contributed by atoms with Crippen molar-refractivity contribution in [3.63, 3.8) is 0 Å². The lowest BCUT2D eigenvalue weighted by molar-refractivity contribution is 0.637. The fourth-order valence-corrected chi connectivity index (χ4v) is 1.68. The molecule has 0 aliphatic carbocycles. The molecule has 0 aliphatic heterocycles. The van der Waals surface area contributed by atoms with Crippen molar-refractivity contribution in [1.29, 1.82) is 0 Å². The summed E-state index contributed by atoms with van der Waals surface area (Å²) in [7, 11) is 0. The lowest BCUT2D eigenvalue weighted by Crippen LogP contribution is -1.89. The van der Waals surface area contributed by atoms with Crippen molar-refractivity contribution >= 4 is 16.9 Å². The molecule has 0 spiro atoms. The Labute approximate surface area is 96.3 Å². The van der Waals surface area contributed by atoms with Crippen LogP contribution in [0.4, 0.5) is 10.2 Å². The van der Waals surface area contributed by atoms with Crippen molar-refractivity contribution in [3.05, 3.63) is 42.3 Å². The Kier molecular flexibility index (Phi) is 2.04. The second kappa shape index (κ2) is 3.55. The van der Waals surface area contributed by atoms with Crippen molar-refractivity contribution < 1.29 is 4.39 Å². The molecule has 3 aromatic rings. The largest absolute Gasteiger partial charge is 0.384 e. The first kappa shape index (κ1) is 9.77. The molecule has 0 radical (unpaired) electrons. The van der Waals surface area contributed by atoms with Crippen LogP contribution in [0.1, 0.15) is 0 Å². The highest BCUT2D eigenvalue weighted by Crippen LogP contribution is 2.21. The Morgan fingerprint density at radius 3 is 2.76 bits per heavy atom. The summed E-state index contributed by atoms with van der Waals surface area (Å²) in [6.45, 7) is 0. The zero-order valence-corrected chi connectivity index (χ0v) is 8.81. The molecule has 0 amide bonds. The number of nitrogens with two attached hydrogens (primary N) is 1. The number of halogens is 1. The number of anilines is 1. The van der Waals surface area contributed by atoms with E-state index in [9.17, 15) is 4.39 Å². The lowest BCUT2D eigenvalue weighted by atomic mass is 10.3. The summed E-state index contributed by atoms with van der Waals surface area (Å²) in [5.74, 6) is 0.682.